The topological polar surface area (TPSA) is 60.3 Å². The number of hydrogen-bond donors (Lipinski definition) is 1. The molecular weight excluding hydrogens is 328 g/mol. The van der Waals surface area contributed by atoms with Gasteiger partial charge in [-0.3, -0.25) is 9.59 Å². The number of fused-ring (bicyclic) bond motifs is 1. The molecule has 0 radical (unpaired) electrons. The van der Waals surface area contributed by atoms with Crippen molar-refractivity contribution >= 4 is 22.5 Å². The van der Waals surface area contributed by atoms with Crippen LogP contribution in [-0.4, -0.2) is 17.1 Å². The molecule has 1 N–H and O–H groups in total. The average molecular weight is 350 g/mol. The molecule has 0 saturated carbocycles. The van der Waals surface area contributed by atoms with Crippen molar-refractivity contribution in [1.29, 1.82) is 0 Å². The van der Waals surface area contributed by atoms with E-state index in [-0.39, 0.29) is 11.0 Å². The van der Waals surface area contributed by atoms with E-state index in [1.165, 1.54) is 0 Å². The first-order valence-electron chi connectivity index (χ1n) is 8.55. The summed E-state index contributed by atoms with van der Waals surface area (Å²) >= 11 is 0. The number of anilines is 1. The molecule has 2 aromatic carbocycles. The number of pyridine rings is 1. The molecule has 1 aromatic heterocycles. The summed E-state index contributed by atoms with van der Waals surface area (Å²) in [5, 5.41) is 3.31. The molecule has 5 nitrogen and oxygen atoms in total. The van der Waals surface area contributed by atoms with Crippen LogP contribution in [0.25, 0.3) is 10.9 Å². The van der Waals surface area contributed by atoms with E-state index >= 15 is 0 Å². The van der Waals surface area contributed by atoms with Crippen molar-refractivity contribution in [3.8, 4) is 5.75 Å². The fourth-order valence-electron chi connectivity index (χ4n) is 3.03. The Hall–Kier alpha value is -3.08. The van der Waals surface area contributed by atoms with Gasteiger partial charge in [-0.2, -0.15) is 0 Å². The molecule has 0 atom stereocenters. The summed E-state index contributed by atoms with van der Waals surface area (Å²) in [6, 6.07) is 11.1. The molecule has 0 fully saturated rings. The standard InChI is InChI=1S/C21H22N2O3/c1-5-26-15-7-9-19-16(11-15)20(24)17(12-23(19)4)21(25)22-18-8-6-13(2)10-14(18)3/h6-12H,5H2,1-4H3,(H,22,25). The van der Waals surface area contributed by atoms with Crippen LogP contribution in [0.4, 0.5) is 5.69 Å². The third kappa shape index (κ3) is 3.33. The van der Waals surface area contributed by atoms with Crippen LogP contribution in [0.2, 0.25) is 0 Å². The Balaban J connectivity index is 2.05. The number of rotatable bonds is 4. The average Bonchev–Trinajstić information content (AvgIpc) is 2.60. The van der Waals surface area contributed by atoms with Gasteiger partial charge in [0.1, 0.15) is 11.3 Å². The number of amides is 1. The van der Waals surface area contributed by atoms with E-state index in [0.717, 1.165) is 16.6 Å². The molecule has 26 heavy (non-hydrogen) atoms. The van der Waals surface area contributed by atoms with Gasteiger partial charge in [-0.1, -0.05) is 17.7 Å². The second-order valence-corrected chi connectivity index (χ2v) is 6.37. The lowest BCUT2D eigenvalue weighted by Crippen LogP contribution is -2.23. The lowest BCUT2D eigenvalue weighted by molar-refractivity contribution is 0.102. The van der Waals surface area contributed by atoms with E-state index in [2.05, 4.69) is 5.32 Å². The van der Waals surface area contributed by atoms with Crippen LogP contribution in [-0.2, 0) is 7.05 Å². The fraction of sp³-hybridized carbons (Fsp3) is 0.238. The van der Waals surface area contributed by atoms with Crippen molar-refractivity contribution in [2.75, 3.05) is 11.9 Å². The van der Waals surface area contributed by atoms with Gasteiger partial charge in [-0.25, -0.2) is 0 Å². The summed E-state index contributed by atoms with van der Waals surface area (Å²) < 4.78 is 7.26. The molecule has 134 valence electrons. The SMILES string of the molecule is CCOc1ccc2c(c1)c(=O)c(C(=O)Nc1ccc(C)cc1C)cn2C. The van der Waals surface area contributed by atoms with Gasteiger partial charge in [0.15, 0.2) is 0 Å². The van der Waals surface area contributed by atoms with E-state index < -0.39 is 5.91 Å². The highest BCUT2D eigenvalue weighted by Gasteiger charge is 2.16. The minimum Gasteiger partial charge on any atom is -0.494 e. The highest BCUT2D eigenvalue weighted by Crippen LogP contribution is 2.20. The first-order chi connectivity index (χ1) is 12.4. The van der Waals surface area contributed by atoms with Crippen LogP contribution in [0.3, 0.4) is 0 Å². The van der Waals surface area contributed by atoms with Gasteiger partial charge in [0.2, 0.25) is 5.43 Å². The highest BCUT2D eigenvalue weighted by atomic mass is 16.5. The molecule has 1 heterocycles. The third-order valence-corrected chi connectivity index (χ3v) is 4.35. The second kappa shape index (κ2) is 7.04. The largest absolute Gasteiger partial charge is 0.494 e. The van der Waals surface area contributed by atoms with E-state index in [4.69, 9.17) is 4.74 Å². The quantitative estimate of drug-likeness (QED) is 0.778. The molecule has 0 aliphatic heterocycles. The lowest BCUT2D eigenvalue weighted by Gasteiger charge is -2.12. The minimum absolute atomic E-state index is 0.105. The molecular formula is C21H22N2O3. The first kappa shape index (κ1) is 17.7. The van der Waals surface area contributed by atoms with E-state index in [0.29, 0.717) is 23.4 Å². The maximum atomic E-state index is 12.9. The van der Waals surface area contributed by atoms with Crippen molar-refractivity contribution < 1.29 is 9.53 Å². The first-order valence-corrected chi connectivity index (χ1v) is 8.55. The Morgan fingerprint density at radius 2 is 1.92 bits per heavy atom. The van der Waals surface area contributed by atoms with Gasteiger partial charge in [-0.05, 0) is 50.6 Å². The van der Waals surface area contributed by atoms with Crippen molar-refractivity contribution in [3.05, 3.63) is 69.5 Å². The van der Waals surface area contributed by atoms with Crippen molar-refractivity contribution in [2.45, 2.75) is 20.8 Å². The molecule has 0 aliphatic carbocycles. The number of nitrogens with one attached hydrogen (secondary N) is 1. The Morgan fingerprint density at radius 1 is 1.15 bits per heavy atom. The van der Waals surface area contributed by atoms with Gasteiger partial charge in [0.05, 0.1) is 17.5 Å². The maximum absolute atomic E-state index is 12.9. The van der Waals surface area contributed by atoms with Crippen molar-refractivity contribution in [1.82, 2.24) is 4.57 Å². The van der Waals surface area contributed by atoms with Gasteiger partial charge < -0.3 is 14.6 Å². The van der Waals surface area contributed by atoms with Crippen LogP contribution in [0, 0.1) is 13.8 Å². The smallest absolute Gasteiger partial charge is 0.261 e. The minimum atomic E-state index is -0.415. The molecule has 0 bridgehead atoms. The molecule has 3 rings (SSSR count). The zero-order chi connectivity index (χ0) is 18.8. The zero-order valence-electron chi connectivity index (χ0n) is 15.4. The van der Waals surface area contributed by atoms with Crippen molar-refractivity contribution in [2.24, 2.45) is 7.05 Å². The Kier molecular flexibility index (Phi) is 4.80. The van der Waals surface area contributed by atoms with E-state index in [1.807, 2.05) is 58.2 Å². The highest BCUT2D eigenvalue weighted by molar-refractivity contribution is 6.06. The Bertz CT molecular complexity index is 1050. The summed E-state index contributed by atoms with van der Waals surface area (Å²) in [6.07, 6.45) is 1.57. The lowest BCUT2D eigenvalue weighted by atomic mass is 10.1. The predicted octanol–water partition coefficient (Wildman–Crippen LogP) is 3.81. The fourth-order valence-corrected chi connectivity index (χ4v) is 3.03. The number of ether oxygens (including phenoxy) is 1. The number of carbonyl (C=O) groups excluding carboxylic acids is 1. The van der Waals surface area contributed by atoms with Crippen LogP contribution in [0.15, 0.2) is 47.4 Å². The second-order valence-electron chi connectivity index (χ2n) is 6.37. The van der Waals surface area contributed by atoms with Crippen LogP contribution < -0.4 is 15.5 Å². The number of carbonyl (C=O) groups is 1. The van der Waals surface area contributed by atoms with Gasteiger partial charge in [-0.15, -0.1) is 0 Å². The van der Waals surface area contributed by atoms with Crippen LogP contribution >= 0.6 is 0 Å². The molecule has 1 amide bonds. The van der Waals surface area contributed by atoms with E-state index in [9.17, 15) is 9.59 Å². The molecule has 0 aliphatic rings. The molecule has 5 heteroatoms. The Labute approximate surface area is 152 Å². The Morgan fingerprint density at radius 3 is 2.62 bits per heavy atom. The normalized spacial score (nSPS) is 10.8. The van der Waals surface area contributed by atoms with Gasteiger partial charge in [0, 0.05) is 18.9 Å². The monoisotopic (exact) mass is 350 g/mol. The summed E-state index contributed by atoms with van der Waals surface area (Å²) in [7, 11) is 1.82. The number of nitrogens with zero attached hydrogens (tertiary/aromatic N) is 1. The summed E-state index contributed by atoms with van der Waals surface area (Å²) in [6.45, 7) is 6.32. The summed E-state index contributed by atoms with van der Waals surface area (Å²) in [4.78, 5) is 25.6. The maximum Gasteiger partial charge on any atom is 0.261 e. The molecule has 3 aromatic rings. The van der Waals surface area contributed by atoms with Crippen molar-refractivity contribution in [3.63, 3.8) is 0 Å². The molecule has 0 saturated heterocycles. The van der Waals surface area contributed by atoms with Gasteiger partial charge in [0.25, 0.3) is 5.91 Å². The molecule has 0 spiro atoms. The number of benzene rings is 2. The van der Waals surface area contributed by atoms with Crippen LogP contribution in [0.1, 0.15) is 28.4 Å². The zero-order valence-corrected chi connectivity index (χ0v) is 15.4. The summed E-state index contributed by atoms with van der Waals surface area (Å²) in [5.74, 6) is 0.199. The number of aryl methyl sites for hydroxylation is 3. The van der Waals surface area contributed by atoms with Crippen LogP contribution in [0.5, 0.6) is 5.75 Å². The molecule has 0 unspecified atom stereocenters. The third-order valence-electron chi connectivity index (χ3n) is 4.35. The number of hydrogen-bond acceptors (Lipinski definition) is 3. The number of aromatic nitrogens is 1. The van der Waals surface area contributed by atoms with Gasteiger partial charge >= 0.3 is 0 Å². The predicted molar refractivity (Wildman–Crippen MR) is 104 cm³/mol. The summed E-state index contributed by atoms with van der Waals surface area (Å²) in [5.41, 5.74) is 3.32. The van der Waals surface area contributed by atoms with E-state index in [1.54, 1.807) is 16.8 Å².